The first-order chi connectivity index (χ1) is 11.5. The summed E-state index contributed by atoms with van der Waals surface area (Å²) in [6, 6.07) is 5.60. The predicted octanol–water partition coefficient (Wildman–Crippen LogP) is 2.39. The highest BCUT2D eigenvalue weighted by molar-refractivity contribution is 5.96. The van der Waals surface area contributed by atoms with E-state index in [-0.39, 0.29) is 36.7 Å². The predicted molar refractivity (Wildman–Crippen MR) is 101 cm³/mol. The number of ether oxygens (including phenoxy) is 1. The van der Waals surface area contributed by atoms with E-state index in [0.29, 0.717) is 23.8 Å². The number of aryl methyl sites for hydroxylation is 1. The second-order valence-corrected chi connectivity index (χ2v) is 6.33. The highest BCUT2D eigenvalue weighted by atomic mass is 35.5. The lowest BCUT2D eigenvalue weighted by Crippen LogP contribution is -2.32. The van der Waals surface area contributed by atoms with Gasteiger partial charge in [0.1, 0.15) is 0 Å². The van der Waals surface area contributed by atoms with E-state index in [9.17, 15) is 9.59 Å². The molecule has 1 aliphatic carbocycles. The van der Waals surface area contributed by atoms with Gasteiger partial charge in [-0.05, 0) is 43.5 Å². The molecule has 1 aromatic rings. The molecule has 6 nitrogen and oxygen atoms in total. The Morgan fingerprint density at radius 3 is 2.56 bits per heavy atom. The van der Waals surface area contributed by atoms with Crippen molar-refractivity contribution < 1.29 is 14.3 Å². The first kappa shape index (κ1) is 21.4. The number of hydrogen-bond acceptors (Lipinski definition) is 4. The van der Waals surface area contributed by atoms with Crippen LogP contribution in [0.2, 0.25) is 0 Å². The van der Waals surface area contributed by atoms with Crippen molar-refractivity contribution in [3.8, 4) is 0 Å². The number of nitrogens with one attached hydrogen (secondary N) is 2. The van der Waals surface area contributed by atoms with Crippen LogP contribution in [0.3, 0.4) is 0 Å². The average Bonchev–Trinajstić information content (AvgIpc) is 3.07. The molecular formula is C18H28ClN3O3. The van der Waals surface area contributed by atoms with Crippen molar-refractivity contribution in [3.05, 3.63) is 29.3 Å². The molecule has 0 spiro atoms. The highest BCUT2D eigenvalue weighted by Gasteiger charge is 2.18. The molecule has 0 heterocycles. The molecular weight excluding hydrogens is 342 g/mol. The quantitative estimate of drug-likeness (QED) is 0.687. The number of methoxy groups -OCH3 is 1. The molecule has 0 radical (unpaired) electrons. The van der Waals surface area contributed by atoms with Crippen molar-refractivity contribution in [1.29, 1.82) is 0 Å². The van der Waals surface area contributed by atoms with Crippen molar-refractivity contribution in [1.82, 2.24) is 5.32 Å². The number of benzene rings is 1. The standard InChI is InChI=1S/C18H27N3O3.ClH/c1-12-9-13(18(23)20-14-5-3-4-6-14)7-8-16(12)21-17(22)10-15(11-19)24-2;/h7-9,14-15H,3-6,10-11,19H2,1-2H3,(H,20,23)(H,21,22);1H. The number of anilines is 1. The minimum atomic E-state index is -0.290. The van der Waals surface area contributed by atoms with Crippen LogP contribution in [0.15, 0.2) is 18.2 Å². The van der Waals surface area contributed by atoms with Crippen LogP contribution in [-0.4, -0.2) is 37.6 Å². The molecule has 2 amide bonds. The van der Waals surface area contributed by atoms with Crippen LogP contribution in [0.1, 0.15) is 48.0 Å². The summed E-state index contributed by atoms with van der Waals surface area (Å²) in [6.07, 6.45) is 4.39. The summed E-state index contributed by atoms with van der Waals surface area (Å²) in [6.45, 7) is 2.17. The molecule has 0 aromatic heterocycles. The molecule has 1 atom stereocenters. The molecule has 140 valence electrons. The maximum atomic E-state index is 12.3. The van der Waals surface area contributed by atoms with Crippen molar-refractivity contribution in [2.24, 2.45) is 5.73 Å². The number of amides is 2. The fourth-order valence-electron chi connectivity index (χ4n) is 2.95. The fraction of sp³-hybridized carbons (Fsp3) is 0.556. The molecule has 1 unspecified atom stereocenters. The Morgan fingerprint density at radius 1 is 1.32 bits per heavy atom. The lowest BCUT2D eigenvalue weighted by Gasteiger charge is -2.15. The van der Waals surface area contributed by atoms with Gasteiger partial charge in [-0.2, -0.15) is 0 Å². The molecule has 1 aliphatic rings. The van der Waals surface area contributed by atoms with Crippen LogP contribution >= 0.6 is 12.4 Å². The molecule has 0 aliphatic heterocycles. The summed E-state index contributed by atoms with van der Waals surface area (Å²) in [7, 11) is 1.54. The Labute approximate surface area is 155 Å². The van der Waals surface area contributed by atoms with Crippen LogP contribution in [0.25, 0.3) is 0 Å². The van der Waals surface area contributed by atoms with Gasteiger partial charge in [0.15, 0.2) is 0 Å². The van der Waals surface area contributed by atoms with Gasteiger partial charge in [-0.1, -0.05) is 12.8 Å². The largest absolute Gasteiger partial charge is 0.380 e. The van der Waals surface area contributed by atoms with Crippen molar-refractivity contribution in [2.45, 2.75) is 51.2 Å². The normalized spacial score (nSPS) is 15.3. The zero-order valence-corrected chi connectivity index (χ0v) is 15.7. The van der Waals surface area contributed by atoms with Gasteiger partial charge in [-0.15, -0.1) is 12.4 Å². The number of carbonyl (C=O) groups excluding carboxylic acids is 2. The van der Waals surface area contributed by atoms with Crippen molar-refractivity contribution >= 4 is 29.9 Å². The third-order valence-electron chi connectivity index (χ3n) is 4.46. The maximum absolute atomic E-state index is 12.3. The summed E-state index contributed by atoms with van der Waals surface area (Å²) < 4.78 is 5.11. The van der Waals surface area contributed by atoms with Crippen LogP contribution in [0.4, 0.5) is 5.69 Å². The number of carbonyl (C=O) groups is 2. The molecule has 0 bridgehead atoms. The number of rotatable bonds is 7. The summed E-state index contributed by atoms with van der Waals surface area (Å²) in [5, 5.41) is 5.91. The number of hydrogen-bond donors (Lipinski definition) is 3. The Bertz CT molecular complexity index is 585. The van der Waals surface area contributed by atoms with E-state index in [1.165, 1.54) is 20.0 Å². The van der Waals surface area contributed by atoms with E-state index in [0.717, 1.165) is 18.4 Å². The van der Waals surface area contributed by atoms with Gasteiger partial charge in [0.25, 0.3) is 5.91 Å². The van der Waals surface area contributed by atoms with E-state index < -0.39 is 0 Å². The lowest BCUT2D eigenvalue weighted by atomic mass is 10.1. The lowest BCUT2D eigenvalue weighted by molar-refractivity contribution is -0.118. The minimum absolute atomic E-state index is 0. The Kier molecular flexibility index (Phi) is 8.89. The fourth-order valence-corrected chi connectivity index (χ4v) is 2.95. The summed E-state index contributed by atoms with van der Waals surface area (Å²) in [5.74, 6) is -0.205. The first-order valence-electron chi connectivity index (χ1n) is 8.47. The van der Waals surface area contributed by atoms with Gasteiger partial charge >= 0.3 is 0 Å². The van der Waals surface area contributed by atoms with E-state index >= 15 is 0 Å². The third kappa shape index (κ3) is 6.30. The summed E-state index contributed by atoms with van der Waals surface area (Å²) in [4.78, 5) is 24.3. The Balaban J connectivity index is 0.00000312. The van der Waals surface area contributed by atoms with Gasteiger partial charge in [-0.3, -0.25) is 9.59 Å². The van der Waals surface area contributed by atoms with E-state index in [1.807, 2.05) is 6.92 Å². The van der Waals surface area contributed by atoms with Gasteiger partial charge in [-0.25, -0.2) is 0 Å². The van der Waals surface area contributed by atoms with Gasteiger partial charge < -0.3 is 21.1 Å². The molecule has 1 fully saturated rings. The molecule has 1 saturated carbocycles. The van der Waals surface area contributed by atoms with Crippen LogP contribution < -0.4 is 16.4 Å². The Morgan fingerprint density at radius 2 is 2.00 bits per heavy atom. The highest BCUT2D eigenvalue weighted by Crippen LogP contribution is 2.20. The zero-order valence-electron chi connectivity index (χ0n) is 14.8. The van der Waals surface area contributed by atoms with Gasteiger partial charge in [0.05, 0.1) is 12.5 Å². The Hall–Kier alpha value is -1.63. The third-order valence-corrected chi connectivity index (χ3v) is 4.46. The smallest absolute Gasteiger partial charge is 0.251 e. The topological polar surface area (TPSA) is 93.4 Å². The molecule has 7 heteroatoms. The maximum Gasteiger partial charge on any atom is 0.251 e. The zero-order chi connectivity index (χ0) is 17.5. The first-order valence-corrected chi connectivity index (χ1v) is 8.47. The number of nitrogens with two attached hydrogens (primary N) is 1. The second-order valence-electron chi connectivity index (χ2n) is 6.33. The van der Waals surface area contributed by atoms with E-state index in [1.54, 1.807) is 18.2 Å². The van der Waals surface area contributed by atoms with Crippen molar-refractivity contribution in [3.63, 3.8) is 0 Å². The van der Waals surface area contributed by atoms with Crippen LogP contribution in [0.5, 0.6) is 0 Å². The summed E-state index contributed by atoms with van der Waals surface area (Å²) >= 11 is 0. The van der Waals surface area contributed by atoms with E-state index in [2.05, 4.69) is 10.6 Å². The van der Waals surface area contributed by atoms with Gasteiger partial charge in [0, 0.05) is 30.9 Å². The molecule has 1 aromatic carbocycles. The molecule has 2 rings (SSSR count). The molecule has 4 N–H and O–H groups in total. The van der Waals surface area contributed by atoms with Crippen LogP contribution in [0, 0.1) is 6.92 Å². The molecule has 0 saturated heterocycles. The second kappa shape index (κ2) is 10.4. The van der Waals surface area contributed by atoms with Crippen molar-refractivity contribution in [2.75, 3.05) is 19.0 Å². The minimum Gasteiger partial charge on any atom is -0.380 e. The van der Waals surface area contributed by atoms with Crippen LogP contribution in [-0.2, 0) is 9.53 Å². The average molecular weight is 370 g/mol. The SMILES string of the molecule is COC(CN)CC(=O)Nc1ccc(C(=O)NC2CCCC2)cc1C.Cl. The van der Waals surface area contributed by atoms with Gasteiger partial charge in [0.2, 0.25) is 5.91 Å². The number of halogens is 1. The van der Waals surface area contributed by atoms with E-state index in [4.69, 9.17) is 10.5 Å². The monoisotopic (exact) mass is 369 g/mol. The summed E-state index contributed by atoms with van der Waals surface area (Å²) in [5.41, 5.74) is 7.69. The molecule has 25 heavy (non-hydrogen) atoms.